The maximum atomic E-state index is 8.89. The Bertz CT molecular complexity index is 412. The van der Waals surface area contributed by atoms with Crippen LogP contribution in [0.15, 0.2) is 18.6 Å². The van der Waals surface area contributed by atoms with E-state index in [2.05, 4.69) is 9.97 Å². The largest absolute Gasteiger partial charge is 0.390 e. The van der Waals surface area contributed by atoms with E-state index in [1.54, 1.807) is 23.0 Å². The van der Waals surface area contributed by atoms with Crippen molar-refractivity contribution in [1.29, 1.82) is 0 Å². The Balaban J connectivity index is 2.75. The topological polar surface area (TPSA) is 50.4 Å². The van der Waals surface area contributed by atoms with Crippen LogP contribution in [0.5, 0.6) is 0 Å². The van der Waals surface area contributed by atoms with Gasteiger partial charge < -0.3 is 5.11 Å². The van der Waals surface area contributed by atoms with E-state index in [-0.39, 0.29) is 6.61 Å². The molecule has 0 amide bonds. The predicted molar refractivity (Wildman–Crippen MR) is 43.9 cm³/mol. The van der Waals surface area contributed by atoms with Crippen molar-refractivity contribution in [1.82, 2.24) is 14.4 Å². The molecular formula is C7H6ClN3O. The van der Waals surface area contributed by atoms with Gasteiger partial charge in [0.05, 0.1) is 24.7 Å². The van der Waals surface area contributed by atoms with Gasteiger partial charge >= 0.3 is 0 Å². The van der Waals surface area contributed by atoms with Crippen LogP contribution < -0.4 is 0 Å². The molecule has 12 heavy (non-hydrogen) atoms. The van der Waals surface area contributed by atoms with Crippen molar-refractivity contribution >= 4 is 17.2 Å². The number of aliphatic hydroxyl groups excluding tert-OH is 1. The van der Waals surface area contributed by atoms with Crippen LogP contribution >= 0.6 is 11.6 Å². The van der Waals surface area contributed by atoms with Crippen molar-refractivity contribution in [3.8, 4) is 0 Å². The first kappa shape index (κ1) is 7.52. The lowest BCUT2D eigenvalue weighted by Crippen LogP contribution is -1.92. The molecule has 0 saturated heterocycles. The average molecular weight is 184 g/mol. The zero-order chi connectivity index (χ0) is 8.55. The molecule has 1 N–H and O–H groups in total. The minimum absolute atomic E-state index is 0.0541. The quantitative estimate of drug-likeness (QED) is 0.714. The first-order valence-corrected chi connectivity index (χ1v) is 3.77. The Morgan fingerprint density at radius 1 is 1.42 bits per heavy atom. The third kappa shape index (κ3) is 1.05. The predicted octanol–water partition coefficient (Wildman–Crippen LogP) is 0.875. The summed E-state index contributed by atoms with van der Waals surface area (Å²) < 4.78 is 1.70. The van der Waals surface area contributed by atoms with Crippen LogP contribution in [0.2, 0.25) is 5.15 Å². The molecule has 0 aliphatic rings. The Morgan fingerprint density at radius 2 is 2.25 bits per heavy atom. The molecule has 0 unspecified atom stereocenters. The summed E-state index contributed by atoms with van der Waals surface area (Å²) in [5.41, 5.74) is 1.39. The highest BCUT2D eigenvalue weighted by molar-refractivity contribution is 6.29. The van der Waals surface area contributed by atoms with E-state index in [0.29, 0.717) is 16.5 Å². The fraction of sp³-hybridized carbons (Fsp3) is 0.143. The highest BCUT2D eigenvalue weighted by Crippen LogP contribution is 2.09. The van der Waals surface area contributed by atoms with Crippen LogP contribution in [-0.2, 0) is 6.61 Å². The zero-order valence-electron chi connectivity index (χ0n) is 6.11. The molecular weight excluding hydrogens is 178 g/mol. The highest BCUT2D eigenvalue weighted by atomic mass is 35.5. The summed E-state index contributed by atoms with van der Waals surface area (Å²) >= 11 is 5.66. The smallest absolute Gasteiger partial charge is 0.155 e. The normalized spacial score (nSPS) is 10.8. The fourth-order valence-electron chi connectivity index (χ4n) is 1.03. The molecule has 0 aliphatic carbocycles. The van der Waals surface area contributed by atoms with Gasteiger partial charge in [-0.1, -0.05) is 11.6 Å². The lowest BCUT2D eigenvalue weighted by atomic mass is 10.5. The second kappa shape index (κ2) is 2.73. The number of nitrogens with zero attached hydrogens (tertiary/aromatic N) is 3. The summed E-state index contributed by atoms with van der Waals surface area (Å²) in [6.07, 6.45) is 4.77. The molecule has 4 nitrogen and oxygen atoms in total. The zero-order valence-corrected chi connectivity index (χ0v) is 6.86. The van der Waals surface area contributed by atoms with Crippen LogP contribution in [0.1, 0.15) is 5.69 Å². The van der Waals surface area contributed by atoms with Crippen molar-refractivity contribution in [3.63, 3.8) is 0 Å². The average Bonchev–Trinajstić information content (AvgIpc) is 2.46. The van der Waals surface area contributed by atoms with Gasteiger partial charge in [0.25, 0.3) is 0 Å². The summed E-state index contributed by atoms with van der Waals surface area (Å²) in [7, 11) is 0. The third-order valence-electron chi connectivity index (χ3n) is 1.60. The number of hydrogen-bond donors (Lipinski definition) is 1. The number of aromatic nitrogens is 3. The van der Waals surface area contributed by atoms with Gasteiger partial charge in [0.1, 0.15) is 5.15 Å². The minimum atomic E-state index is -0.0541. The Morgan fingerprint density at radius 3 is 3.00 bits per heavy atom. The van der Waals surface area contributed by atoms with Crippen LogP contribution in [0.3, 0.4) is 0 Å². The van der Waals surface area contributed by atoms with Crippen LogP contribution in [0, 0.1) is 0 Å². The molecule has 2 aromatic heterocycles. The Labute approximate surface area is 73.5 Å². The fourth-order valence-corrected chi connectivity index (χ4v) is 1.18. The van der Waals surface area contributed by atoms with Gasteiger partial charge in [-0.3, -0.25) is 4.40 Å². The number of hydrogen-bond acceptors (Lipinski definition) is 3. The summed E-state index contributed by atoms with van der Waals surface area (Å²) in [6.45, 7) is -0.0541. The molecule has 0 aromatic carbocycles. The van der Waals surface area contributed by atoms with Crippen LogP contribution in [0.4, 0.5) is 0 Å². The molecule has 0 saturated carbocycles. The van der Waals surface area contributed by atoms with Crippen molar-refractivity contribution in [2.75, 3.05) is 0 Å². The van der Waals surface area contributed by atoms with Crippen molar-refractivity contribution < 1.29 is 5.11 Å². The van der Waals surface area contributed by atoms with Gasteiger partial charge in [-0.15, -0.1) is 0 Å². The van der Waals surface area contributed by atoms with Crippen molar-refractivity contribution in [2.45, 2.75) is 6.61 Å². The summed E-state index contributed by atoms with van der Waals surface area (Å²) in [5.74, 6) is 0. The molecule has 2 heterocycles. The number of imidazole rings is 1. The van der Waals surface area contributed by atoms with Crippen molar-refractivity contribution in [2.24, 2.45) is 0 Å². The maximum absolute atomic E-state index is 8.89. The third-order valence-corrected chi connectivity index (χ3v) is 1.80. The lowest BCUT2D eigenvalue weighted by Gasteiger charge is -1.96. The molecule has 0 atom stereocenters. The van der Waals surface area contributed by atoms with Gasteiger partial charge in [0.15, 0.2) is 5.65 Å². The van der Waals surface area contributed by atoms with Gasteiger partial charge in [0.2, 0.25) is 0 Å². The van der Waals surface area contributed by atoms with E-state index < -0.39 is 0 Å². The maximum Gasteiger partial charge on any atom is 0.155 e. The molecule has 5 heteroatoms. The van der Waals surface area contributed by atoms with E-state index in [0.717, 1.165) is 0 Å². The van der Waals surface area contributed by atoms with Gasteiger partial charge in [0, 0.05) is 6.20 Å². The van der Waals surface area contributed by atoms with Gasteiger partial charge in [-0.05, 0) is 0 Å². The summed E-state index contributed by atoms with van der Waals surface area (Å²) in [4.78, 5) is 7.87. The molecule has 0 bridgehead atoms. The Hall–Kier alpha value is -1.13. The SMILES string of the molecule is OCc1cnc2cnc(Cl)cn12. The molecule has 0 fully saturated rings. The first-order chi connectivity index (χ1) is 5.81. The second-order valence-corrected chi connectivity index (χ2v) is 2.73. The monoisotopic (exact) mass is 183 g/mol. The number of rotatable bonds is 1. The molecule has 0 radical (unpaired) electrons. The number of halogens is 1. The van der Waals surface area contributed by atoms with E-state index >= 15 is 0 Å². The van der Waals surface area contributed by atoms with E-state index in [1.807, 2.05) is 0 Å². The first-order valence-electron chi connectivity index (χ1n) is 3.39. The second-order valence-electron chi connectivity index (χ2n) is 2.35. The molecule has 0 spiro atoms. The molecule has 0 aliphatic heterocycles. The van der Waals surface area contributed by atoms with Gasteiger partial charge in [-0.2, -0.15) is 0 Å². The van der Waals surface area contributed by atoms with Crippen LogP contribution in [0.25, 0.3) is 5.65 Å². The van der Waals surface area contributed by atoms with E-state index in [1.165, 1.54) is 0 Å². The highest BCUT2D eigenvalue weighted by Gasteiger charge is 2.01. The minimum Gasteiger partial charge on any atom is -0.390 e. The van der Waals surface area contributed by atoms with E-state index in [4.69, 9.17) is 16.7 Å². The molecule has 2 aromatic rings. The molecule has 2 rings (SSSR count). The number of fused-ring (bicyclic) bond motifs is 1. The lowest BCUT2D eigenvalue weighted by molar-refractivity contribution is 0.276. The van der Waals surface area contributed by atoms with E-state index in [9.17, 15) is 0 Å². The standard InChI is InChI=1S/C7H6ClN3O/c8-6-3-11-5(4-12)1-10-7(11)2-9-6/h1-3,12H,4H2. The summed E-state index contributed by atoms with van der Waals surface area (Å²) in [6, 6.07) is 0. The Kier molecular flexibility index (Phi) is 1.71. The summed E-state index contributed by atoms with van der Waals surface area (Å²) in [5, 5.41) is 9.28. The van der Waals surface area contributed by atoms with Crippen molar-refractivity contribution in [3.05, 3.63) is 29.4 Å². The van der Waals surface area contributed by atoms with Gasteiger partial charge in [-0.25, -0.2) is 9.97 Å². The number of aliphatic hydroxyl groups is 1. The van der Waals surface area contributed by atoms with Crippen LogP contribution in [-0.4, -0.2) is 19.5 Å². The molecule has 62 valence electrons.